The van der Waals surface area contributed by atoms with E-state index in [2.05, 4.69) is 69.3 Å². The van der Waals surface area contributed by atoms with Crippen molar-refractivity contribution in [3.63, 3.8) is 0 Å². The van der Waals surface area contributed by atoms with E-state index >= 15 is 0 Å². The van der Waals surface area contributed by atoms with E-state index in [9.17, 15) is 4.79 Å². The number of hydrogen-bond donors (Lipinski definition) is 0. The minimum Gasteiger partial charge on any atom is -0.466 e. The van der Waals surface area contributed by atoms with Crippen LogP contribution in [0.1, 0.15) is 54.4 Å². The summed E-state index contributed by atoms with van der Waals surface area (Å²) in [5.74, 6) is -1.00. The topological polar surface area (TPSA) is 54.0 Å². The maximum absolute atomic E-state index is 12.6. The first-order valence-electron chi connectivity index (χ1n) is 12.4. The summed E-state index contributed by atoms with van der Waals surface area (Å²) < 4.78 is 25.3. The SMILES string of the molecule is CCOC(=O)C[C@@H]1[C@@H]2OC(C)(C)O[C@@H]2C[C@H]1O[Si](c1ccccc1)(c1ccccc1)C(C)(C)C. The molecule has 0 unspecified atom stereocenters. The third-order valence-corrected chi connectivity index (χ3v) is 12.1. The van der Waals surface area contributed by atoms with Crippen LogP contribution in [0.3, 0.4) is 0 Å². The van der Waals surface area contributed by atoms with E-state index in [1.165, 1.54) is 10.4 Å². The first-order valence-corrected chi connectivity index (χ1v) is 14.3. The van der Waals surface area contributed by atoms with Gasteiger partial charge in [0.05, 0.1) is 31.3 Å². The number of ether oxygens (including phenoxy) is 3. The Hall–Kier alpha value is -1.99. The Kier molecular flexibility index (Phi) is 7.07. The molecule has 2 aliphatic rings. The van der Waals surface area contributed by atoms with Crippen LogP contribution < -0.4 is 10.4 Å². The van der Waals surface area contributed by atoms with Crippen LogP contribution in [-0.2, 0) is 23.4 Å². The van der Waals surface area contributed by atoms with Gasteiger partial charge in [-0.3, -0.25) is 4.79 Å². The number of carbonyl (C=O) groups is 1. The fourth-order valence-electron chi connectivity index (χ4n) is 5.74. The van der Waals surface area contributed by atoms with Gasteiger partial charge in [0.1, 0.15) is 0 Å². The van der Waals surface area contributed by atoms with Crippen molar-refractivity contribution >= 4 is 24.7 Å². The summed E-state index contributed by atoms with van der Waals surface area (Å²) in [6, 6.07) is 21.2. The van der Waals surface area contributed by atoms with Crippen molar-refractivity contribution in [2.45, 2.75) is 83.5 Å². The molecule has 1 aliphatic carbocycles. The first-order chi connectivity index (χ1) is 16.1. The van der Waals surface area contributed by atoms with Gasteiger partial charge < -0.3 is 18.6 Å². The van der Waals surface area contributed by atoms with Gasteiger partial charge in [0.2, 0.25) is 0 Å². The van der Waals surface area contributed by atoms with Crippen LogP contribution in [-0.4, -0.2) is 45.0 Å². The molecule has 1 heterocycles. The first kappa shape index (κ1) is 25.1. The number of carbonyl (C=O) groups excluding carboxylic acids is 1. The fourth-order valence-corrected chi connectivity index (χ4v) is 10.5. The summed E-state index contributed by atoms with van der Waals surface area (Å²) in [5.41, 5.74) is 0. The van der Waals surface area contributed by atoms with E-state index in [1.54, 1.807) is 0 Å². The van der Waals surface area contributed by atoms with Crippen molar-refractivity contribution in [2.75, 3.05) is 6.61 Å². The van der Waals surface area contributed by atoms with E-state index < -0.39 is 14.1 Å². The van der Waals surface area contributed by atoms with Crippen molar-refractivity contribution in [3.8, 4) is 0 Å². The number of hydrogen-bond acceptors (Lipinski definition) is 5. The van der Waals surface area contributed by atoms with Gasteiger partial charge in [0.25, 0.3) is 8.32 Å². The van der Waals surface area contributed by atoms with E-state index in [4.69, 9.17) is 18.6 Å². The third-order valence-electron chi connectivity index (χ3n) is 7.04. The molecular weight excluding hydrogens is 444 g/mol. The van der Waals surface area contributed by atoms with Crippen molar-refractivity contribution in [1.29, 1.82) is 0 Å². The average Bonchev–Trinajstić information content (AvgIpc) is 3.24. The molecule has 1 saturated heterocycles. The van der Waals surface area contributed by atoms with E-state index in [1.807, 2.05) is 32.9 Å². The highest BCUT2D eigenvalue weighted by atomic mass is 28.4. The second-order valence-corrected chi connectivity index (χ2v) is 15.1. The average molecular weight is 483 g/mol. The van der Waals surface area contributed by atoms with Crippen LogP contribution in [0.5, 0.6) is 0 Å². The van der Waals surface area contributed by atoms with Crippen molar-refractivity contribution in [1.82, 2.24) is 0 Å². The van der Waals surface area contributed by atoms with Gasteiger partial charge in [0.15, 0.2) is 5.79 Å². The molecule has 2 aromatic carbocycles. The normalized spacial score (nSPS) is 26.3. The molecule has 2 fully saturated rings. The Labute approximate surface area is 204 Å². The second-order valence-electron chi connectivity index (χ2n) is 10.9. The van der Waals surface area contributed by atoms with Gasteiger partial charge in [-0.2, -0.15) is 0 Å². The van der Waals surface area contributed by atoms with Crippen molar-refractivity contribution in [3.05, 3.63) is 60.7 Å². The summed E-state index contributed by atoms with van der Waals surface area (Å²) in [7, 11) is -2.77. The molecule has 6 heteroatoms. The van der Waals surface area contributed by atoms with Gasteiger partial charge in [-0.25, -0.2) is 0 Å². The Balaban J connectivity index is 1.78. The molecule has 0 radical (unpaired) electrons. The largest absolute Gasteiger partial charge is 0.466 e. The number of benzene rings is 2. The highest BCUT2D eigenvalue weighted by molar-refractivity contribution is 6.99. The third kappa shape index (κ3) is 4.74. The summed E-state index contributed by atoms with van der Waals surface area (Å²) in [6.07, 6.45) is 0.488. The molecule has 0 bridgehead atoms. The molecule has 5 nitrogen and oxygen atoms in total. The van der Waals surface area contributed by atoms with Crippen molar-refractivity contribution < 1.29 is 23.4 Å². The highest BCUT2D eigenvalue weighted by Crippen LogP contribution is 2.47. The summed E-state index contributed by atoms with van der Waals surface area (Å²) in [5, 5.41) is 2.30. The maximum Gasteiger partial charge on any atom is 0.306 e. The number of fused-ring (bicyclic) bond motifs is 1. The minimum absolute atomic E-state index is 0.0994. The van der Waals surface area contributed by atoms with E-state index in [-0.39, 0.29) is 41.7 Å². The predicted octanol–water partition coefficient (Wildman–Crippen LogP) is 4.42. The van der Waals surface area contributed by atoms with Crippen LogP contribution in [0.2, 0.25) is 5.04 Å². The van der Waals surface area contributed by atoms with Crippen LogP contribution in [0, 0.1) is 5.92 Å². The van der Waals surface area contributed by atoms with Crippen LogP contribution >= 0.6 is 0 Å². The lowest BCUT2D eigenvalue weighted by Crippen LogP contribution is -2.68. The molecule has 1 aliphatic heterocycles. The zero-order valence-electron chi connectivity index (χ0n) is 21.2. The molecular formula is C28H38O5Si. The molecule has 2 aromatic rings. The molecule has 1 saturated carbocycles. The fraction of sp³-hybridized carbons (Fsp3) is 0.536. The quantitative estimate of drug-likeness (QED) is 0.432. The van der Waals surface area contributed by atoms with Crippen LogP contribution in [0.25, 0.3) is 0 Å². The van der Waals surface area contributed by atoms with Crippen LogP contribution in [0.15, 0.2) is 60.7 Å². The summed E-state index contributed by atoms with van der Waals surface area (Å²) in [6.45, 7) is 12.9. The maximum atomic E-state index is 12.6. The Morgan fingerprint density at radius 1 is 1.00 bits per heavy atom. The lowest BCUT2D eigenvalue weighted by molar-refractivity contribution is -0.167. The molecule has 0 N–H and O–H groups in total. The number of rotatable bonds is 7. The Morgan fingerprint density at radius 3 is 2.06 bits per heavy atom. The molecule has 34 heavy (non-hydrogen) atoms. The van der Waals surface area contributed by atoms with E-state index in [0.717, 1.165) is 0 Å². The minimum atomic E-state index is -2.77. The zero-order chi connectivity index (χ0) is 24.6. The molecule has 4 atom stereocenters. The van der Waals surface area contributed by atoms with Crippen LogP contribution in [0.4, 0.5) is 0 Å². The molecule has 4 rings (SSSR count). The summed E-state index contributed by atoms with van der Waals surface area (Å²) >= 11 is 0. The smallest absolute Gasteiger partial charge is 0.306 e. The monoisotopic (exact) mass is 482 g/mol. The Bertz CT molecular complexity index is 930. The molecule has 184 valence electrons. The van der Waals surface area contributed by atoms with Gasteiger partial charge in [-0.15, -0.1) is 0 Å². The van der Waals surface area contributed by atoms with Crippen molar-refractivity contribution in [2.24, 2.45) is 5.92 Å². The standard InChI is InChI=1S/C28H38O5Si/c1-7-30-25(29)18-22-23(19-24-26(22)32-28(5,6)31-24)33-34(27(2,3)4,20-14-10-8-11-15-20)21-16-12-9-13-17-21/h8-17,22-24,26H,7,18-19H2,1-6H3/t22-,23+,24+,26-/m0/s1. The van der Waals surface area contributed by atoms with Gasteiger partial charge in [-0.1, -0.05) is 81.4 Å². The van der Waals surface area contributed by atoms with Gasteiger partial charge >= 0.3 is 5.97 Å². The molecule has 0 spiro atoms. The molecule has 0 aromatic heterocycles. The predicted molar refractivity (Wildman–Crippen MR) is 136 cm³/mol. The van der Waals surface area contributed by atoms with Gasteiger partial charge in [0, 0.05) is 12.3 Å². The second kappa shape index (κ2) is 9.57. The number of esters is 1. The summed E-state index contributed by atoms with van der Waals surface area (Å²) in [4.78, 5) is 12.6. The molecule has 0 amide bonds. The Morgan fingerprint density at radius 2 is 1.56 bits per heavy atom. The zero-order valence-corrected chi connectivity index (χ0v) is 22.2. The lowest BCUT2D eigenvalue weighted by Gasteiger charge is -2.45. The highest BCUT2D eigenvalue weighted by Gasteiger charge is 2.58. The van der Waals surface area contributed by atoms with E-state index in [0.29, 0.717) is 13.0 Å². The van der Waals surface area contributed by atoms with Gasteiger partial charge in [-0.05, 0) is 36.2 Å². The lowest BCUT2D eigenvalue weighted by atomic mass is 9.99.